The Morgan fingerprint density at radius 3 is 2.00 bits per heavy atom. The summed E-state index contributed by atoms with van der Waals surface area (Å²) in [4.78, 5) is 14.0. The lowest BCUT2D eigenvalue weighted by Gasteiger charge is -2.31. The molecule has 0 unspecified atom stereocenters. The van der Waals surface area contributed by atoms with Crippen LogP contribution in [0.2, 0.25) is 0 Å². The van der Waals surface area contributed by atoms with E-state index in [0.717, 1.165) is 5.56 Å². The van der Waals surface area contributed by atoms with Crippen molar-refractivity contribution in [1.29, 1.82) is 0 Å². The van der Waals surface area contributed by atoms with Crippen molar-refractivity contribution in [3.8, 4) is 0 Å². The third-order valence-corrected chi connectivity index (χ3v) is 5.39. The normalized spacial score (nSPS) is 11.2. The molecule has 0 N–H and O–H groups in total. The van der Waals surface area contributed by atoms with E-state index in [0.29, 0.717) is 0 Å². The monoisotopic (exact) mass is 255 g/mol. The molecule has 1 aromatic rings. The lowest BCUT2D eigenvalue weighted by atomic mass is 10.1. The summed E-state index contributed by atoms with van der Waals surface area (Å²) in [5, 5.41) is 0. The fraction of sp³-hybridized carbons (Fsp3) is 0.417. The van der Waals surface area contributed by atoms with Crippen LogP contribution in [0.5, 0.6) is 0 Å². The van der Waals surface area contributed by atoms with Gasteiger partial charge in [0.2, 0.25) is 0 Å². The summed E-state index contributed by atoms with van der Waals surface area (Å²) in [6, 6.07) is 9.93. The smallest absolute Gasteiger partial charge is 0.253 e. The van der Waals surface area contributed by atoms with Gasteiger partial charge in [-0.05, 0) is 18.1 Å². The number of likely N-dealkylation sites (N-methyl/N-ethyl adjacent to an activating group) is 1. The number of carbonyl (C=O) groups is 1. The number of nitrogens with zero attached hydrogens (tertiary/aromatic N) is 1. The van der Waals surface area contributed by atoms with Crippen molar-refractivity contribution < 1.29 is 4.79 Å². The summed E-state index contributed by atoms with van der Waals surface area (Å²) in [7, 11) is 3.60. The third-order valence-electron chi connectivity index (χ3n) is 2.42. The van der Waals surface area contributed by atoms with Crippen LogP contribution in [-0.2, 0) is 8.87 Å². The highest BCUT2D eigenvalue weighted by atomic mass is 32.2. The van der Waals surface area contributed by atoms with Crippen molar-refractivity contribution in [3.63, 3.8) is 0 Å². The molecule has 0 bridgehead atoms. The number of hydrogen-bond donors (Lipinski definition) is 0. The van der Waals surface area contributed by atoms with Gasteiger partial charge in [0.1, 0.15) is 0 Å². The molecule has 0 spiro atoms. The number of benzene rings is 1. The van der Waals surface area contributed by atoms with Gasteiger partial charge in [-0.1, -0.05) is 30.3 Å². The Morgan fingerprint density at radius 2 is 1.62 bits per heavy atom. The van der Waals surface area contributed by atoms with Gasteiger partial charge in [-0.3, -0.25) is 4.79 Å². The number of hydrogen-bond acceptors (Lipinski definition) is 3. The van der Waals surface area contributed by atoms with Gasteiger partial charge in [0.05, 0.1) is 0 Å². The second-order valence-electron chi connectivity index (χ2n) is 3.59. The van der Waals surface area contributed by atoms with Crippen LogP contribution < -0.4 is 0 Å². The quantitative estimate of drug-likeness (QED) is 0.772. The second-order valence-corrected chi connectivity index (χ2v) is 5.89. The van der Waals surface area contributed by atoms with Crippen molar-refractivity contribution in [3.05, 3.63) is 35.9 Å². The largest absolute Gasteiger partial charge is 0.347 e. The van der Waals surface area contributed by atoms with E-state index < -0.39 is 4.08 Å². The molecule has 0 fully saturated rings. The minimum absolute atomic E-state index is 0.124. The second kappa shape index (κ2) is 5.64. The van der Waals surface area contributed by atoms with Gasteiger partial charge >= 0.3 is 0 Å². The van der Waals surface area contributed by atoms with Crippen molar-refractivity contribution in [2.45, 2.75) is 4.08 Å². The first-order valence-electron chi connectivity index (χ1n) is 4.96. The standard InChI is InChI=1S/C12H17NOS2/c1-13(2)11(14)12(15-3,16-4)10-8-6-5-7-9-10/h5-9H,1-4H3. The molecule has 0 radical (unpaired) electrons. The fourth-order valence-electron chi connectivity index (χ4n) is 1.57. The molecular formula is C12H17NOS2. The first-order chi connectivity index (χ1) is 7.58. The highest BCUT2D eigenvalue weighted by molar-refractivity contribution is 8.18. The van der Waals surface area contributed by atoms with Crippen LogP contribution in [0, 0.1) is 0 Å². The maximum atomic E-state index is 12.3. The zero-order valence-electron chi connectivity index (χ0n) is 10.1. The van der Waals surface area contributed by atoms with Crippen LogP contribution in [0.4, 0.5) is 0 Å². The zero-order chi connectivity index (χ0) is 12.2. The molecule has 1 amide bonds. The maximum absolute atomic E-state index is 12.3. The molecular weight excluding hydrogens is 238 g/mol. The van der Waals surface area contributed by atoms with Crippen LogP contribution in [0.15, 0.2) is 30.3 Å². The third kappa shape index (κ3) is 2.38. The van der Waals surface area contributed by atoms with E-state index in [-0.39, 0.29) is 5.91 Å². The van der Waals surface area contributed by atoms with Gasteiger partial charge in [-0.25, -0.2) is 0 Å². The Labute approximate surface area is 106 Å². The molecule has 0 aromatic heterocycles. The number of amides is 1. The fourth-order valence-corrected chi connectivity index (χ4v) is 3.69. The van der Waals surface area contributed by atoms with E-state index in [1.54, 1.807) is 42.5 Å². The Hall–Kier alpha value is -0.610. The van der Waals surface area contributed by atoms with E-state index in [1.165, 1.54) is 0 Å². The average molecular weight is 255 g/mol. The predicted molar refractivity (Wildman–Crippen MR) is 73.8 cm³/mol. The first kappa shape index (κ1) is 13.5. The van der Waals surface area contributed by atoms with E-state index in [4.69, 9.17) is 0 Å². The van der Waals surface area contributed by atoms with E-state index >= 15 is 0 Å². The molecule has 0 atom stereocenters. The van der Waals surface area contributed by atoms with Gasteiger partial charge < -0.3 is 4.90 Å². The highest BCUT2D eigenvalue weighted by Gasteiger charge is 2.39. The van der Waals surface area contributed by atoms with Gasteiger partial charge in [0.25, 0.3) is 5.91 Å². The number of carbonyl (C=O) groups excluding carboxylic acids is 1. The molecule has 0 saturated carbocycles. The molecule has 0 saturated heterocycles. The van der Waals surface area contributed by atoms with Crippen LogP contribution >= 0.6 is 23.5 Å². The van der Waals surface area contributed by atoms with E-state index in [9.17, 15) is 4.79 Å². The Morgan fingerprint density at radius 1 is 1.12 bits per heavy atom. The molecule has 2 nitrogen and oxygen atoms in total. The molecule has 88 valence electrons. The van der Waals surface area contributed by atoms with Crippen LogP contribution in [0.25, 0.3) is 0 Å². The Kier molecular flexibility index (Phi) is 4.74. The van der Waals surface area contributed by atoms with Gasteiger partial charge in [-0.15, -0.1) is 23.5 Å². The van der Waals surface area contributed by atoms with Crippen LogP contribution in [-0.4, -0.2) is 37.4 Å². The van der Waals surface area contributed by atoms with E-state index in [2.05, 4.69) is 0 Å². The Bertz CT molecular complexity index is 347. The zero-order valence-corrected chi connectivity index (χ0v) is 11.7. The summed E-state index contributed by atoms with van der Waals surface area (Å²) >= 11 is 3.16. The molecule has 0 heterocycles. The van der Waals surface area contributed by atoms with Crippen LogP contribution in [0.3, 0.4) is 0 Å². The molecule has 1 rings (SSSR count). The predicted octanol–water partition coefficient (Wildman–Crippen LogP) is 2.65. The van der Waals surface area contributed by atoms with Crippen molar-refractivity contribution in [2.24, 2.45) is 0 Å². The van der Waals surface area contributed by atoms with Crippen molar-refractivity contribution in [2.75, 3.05) is 26.6 Å². The van der Waals surface area contributed by atoms with Gasteiger partial charge in [-0.2, -0.15) is 0 Å². The maximum Gasteiger partial charge on any atom is 0.253 e. The molecule has 0 aliphatic carbocycles. The van der Waals surface area contributed by atoms with Crippen molar-refractivity contribution >= 4 is 29.4 Å². The van der Waals surface area contributed by atoms with Gasteiger partial charge in [0, 0.05) is 14.1 Å². The topological polar surface area (TPSA) is 20.3 Å². The highest BCUT2D eigenvalue weighted by Crippen LogP contribution is 2.45. The Balaban J connectivity index is 3.21. The van der Waals surface area contributed by atoms with Crippen LogP contribution in [0.1, 0.15) is 5.56 Å². The summed E-state index contributed by atoms with van der Waals surface area (Å²) in [5.74, 6) is 0.124. The molecule has 0 aliphatic heterocycles. The molecule has 16 heavy (non-hydrogen) atoms. The molecule has 4 heteroatoms. The summed E-state index contributed by atoms with van der Waals surface area (Å²) in [5.41, 5.74) is 1.05. The SMILES string of the molecule is CSC(SC)(C(=O)N(C)C)c1ccccc1. The molecule has 1 aromatic carbocycles. The van der Waals surface area contributed by atoms with E-state index in [1.807, 2.05) is 42.8 Å². The number of thioether (sulfide) groups is 2. The minimum atomic E-state index is -0.523. The minimum Gasteiger partial charge on any atom is -0.347 e. The lowest BCUT2D eigenvalue weighted by molar-refractivity contribution is -0.129. The molecule has 0 aliphatic rings. The average Bonchev–Trinajstić information content (AvgIpc) is 2.32. The number of rotatable bonds is 4. The van der Waals surface area contributed by atoms with Crippen molar-refractivity contribution in [1.82, 2.24) is 4.90 Å². The summed E-state index contributed by atoms with van der Waals surface area (Å²) in [6.45, 7) is 0. The van der Waals surface area contributed by atoms with Gasteiger partial charge in [0.15, 0.2) is 4.08 Å². The summed E-state index contributed by atoms with van der Waals surface area (Å²) in [6.07, 6.45) is 3.95. The summed E-state index contributed by atoms with van der Waals surface area (Å²) < 4.78 is -0.523. The first-order valence-corrected chi connectivity index (χ1v) is 7.41. The lowest BCUT2D eigenvalue weighted by Crippen LogP contribution is -2.38.